The molecule has 3 aromatic carbocycles. The molecule has 1 atom stereocenters. The quantitative estimate of drug-likeness (QED) is 0.202. The first-order valence-electron chi connectivity index (χ1n) is 14.1. The van der Waals surface area contributed by atoms with Gasteiger partial charge in [0.05, 0.1) is 57.9 Å². The van der Waals surface area contributed by atoms with Gasteiger partial charge in [-0.05, 0) is 68.3 Å². The van der Waals surface area contributed by atoms with Crippen molar-refractivity contribution in [2.75, 3.05) is 35.0 Å². The first kappa shape index (κ1) is 29.7. The van der Waals surface area contributed by atoms with Gasteiger partial charge in [-0.25, -0.2) is 4.98 Å². The van der Waals surface area contributed by atoms with Crippen LogP contribution in [0.1, 0.15) is 35.8 Å². The molecule has 2 heterocycles. The summed E-state index contributed by atoms with van der Waals surface area (Å²) in [5.74, 6) is 1.67. The molecule has 0 aliphatic carbocycles. The number of nitrogens with one attached hydrogen (secondary N) is 1. The largest absolute Gasteiger partial charge is 0.497 e. The van der Waals surface area contributed by atoms with Crippen LogP contribution in [0.25, 0.3) is 33.1 Å². The second-order valence-electron chi connectivity index (χ2n) is 10.6. The van der Waals surface area contributed by atoms with E-state index in [0.29, 0.717) is 57.1 Å². The van der Waals surface area contributed by atoms with Crippen LogP contribution in [0.2, 0.25) is 0 Å². The van der Waals surface area contributed by atoms with E-state index < -0.39 is 6.04 Å². The summed E-state index contributed by atoms with van der Waals surface area (Å²) >= 11 is 0. The van der Waals surface area contributed by atoms with E-state index in [0.717, 1.165) is 16.5 Å². The van der Waals surface area contributed by atoms with Gasteiger partial charge in [0.2, 0.25) is 5.75 Å². The third kappa shape index (κ3) is 5.81. The van der Waals surface area contributed by atoms with Crippen LogP contribution >= 0.6 is 0 Å². The minimum atomic E-state index is -0.516. The highest BCUT2D eigenvalue weighted by molar-refractivity contribution is 6.07. The Bertz CT molecular complexity index is 1750. The Morgan fingerprint density at radius 2 is 1.63 bits per heavy atom. The number of rotatable bonds is 11. The van der Waals surface area contributed by atoms with Crippen molar-refractivity contribution in [1.82, 2.24) is 14.9 Å². The number of aromatic nitrogens is 2. The van der Waals surface area contributed by atoms with E-state index in [4.69, 9.17) is 23.9 Å². The van der Waals surface area contributed by atoms with Gasteiger partial charge < -0.3 is 33.9 Å². The molecule has 0 aliphatic rings. The van der Waals surface area contributed by atoms with Crippen LogP contribution in [0, 0.1) is 0 Å². The molecule has 2 N–H and O–H groups in total. The van der Waals surface area contributed by atoms with E-state index in [1.165, 1.54) is 0 Å². The Labute approximate surface area is 251 Å². The number of carbonyl (C=O) groups excluding carboxylic acids is 1. The molecule has 0 saturated heterocycles. The number of ether oxygens (including phenoxy) is 4. The van der Waals surface area contributed by atoms with Crippen LogP contribution in [-0.4, -0.2) is 61.7 Å². The lowest BCUT2D eigenvalue weighted by Crippen LogP contribution is -2.39. The molecule has 224 valence electrons. The zero-order chi connectivity index (χ0) is 30.7. The topological polar surface area (TPSA) is 104 Å². The van der Waals surface area contributed by atoms with Crippen molar-refractivity contribution in [3.05, 3.63) is 78.0 Å². The molecular formula is C34H37N3O6. The maximum Gasteiger partial charge on any atom is 0.252 e. The van der Waals surface area contributed by atoms with Crippen molar-refractivity contribution in [2.24, 2.45) is 0 Å². The highest BCUT2D eigenvalue weighted by atomic mass is 16.5. The number of methoxy groups -OCH3 is 4. The molecule has 2 aromatic heterocycles. The predicted molar refractivity (Wildman–Crippen MR) is 168 cm³/mol. The molecule has 5 aromatic rings. The molecule has 0 unspecified atom stereocenters. The maximum atomic E-state index is 14.0. The summed E-state index contributed by atoms with van der Waals surface area (Å²) in [6.07, 6.45) is 2.58. The lowest BCUT2D eigenvalue weighted by Gasteiger charge is -2.18. The molecule has 0 bridgehead atoms. The maximum absolute atomic E-state index is 14.0. The fourth-order valence-electron chi connectivity index (χ4n) is 5.45. The molecule has 0 aliphatic heterocycles. The summed E-state index contributed by atoms with van der Waals surface area (Å²) < 4.78 is 24.2. The van der Waals surface area contributed by atoms with Crippen molar-refractivity contribution in [3.8, 4) is 34.3 Å². The standard InChI is InChI=1S/C34H37N3O6/c1-20(2)37-18-22(25-9-7-8-10-30(25)37)13-23(19-38)35-34(39)27-17-29(36-28-12-11-24(40-3)16-26(27)28)21-14-31(41-4)33(43-6)32(15-21)42-5/h7-12,14-18,20,23,38H,13,19H2,1-6H3,(H,35,39)/t23-/m1/s1. The summed E-state index contributed by atoms with van der Waals surface area (Å²) in [4.78, 5) is 18.8. The highest BCUT2D eigenvalue weighted by Gasteiger charge is 2.22. The molecular weight excluding hydrogens is 546 g/mol. The number of para-hydroxylation sites is 1. The molecule has 43 heavy (non-hydrogen) atoms. The lowest BCUT2D eigenvalue weighted by molar-refractivity contribution is 0.0918. The van der Waals surface area contributed by atoms with Crippen molar-refractivity contribution in [2.45, 2.75) is 32.4 Å². The van der Waals surface area contributed by atoms with Gasteiger partial charge in [0, 0.05) is 34.1 Å². The van der Waals surface area contributed by atoms with Crippen molar-refractivity contribution in [3.63, 3.8) is 0 Å². The predicted octanol–water partition coefficient (Wildman–Crippen LogP) is 5.81. The molecule has 5 rings (SSSR count). The molecule has 0 saturated carbocycles. The summed E-state index contributed by atoms with van der Waals surface area (Å²) in [7, 11) is 6.22. The number of aliphatic hydroxyl groups is 1. The van der Waals surface area contributed by atoms with Crippen LogP contribution in [0.3, 0.4) is 0 Å². The summed E-state index contributed by atoms with van der Waals surface area (Å²) in [5.41, 5.74) is 4.42. The molecule has 1 amide bonds. The van der Waals surface area contributed by atoms with Crippen LogP contribution in [-0.2, 0) is 6.42 Å². The number of nitrogens with zero attached hydrogens (tertiary/aromatic N) is 2. The number of amides is 1. The number of aliphatic hydroxyl groups excluding tert-OH is 1. The van der Waals surface area contributed by atoms with E-state index in [1.54, 1.807) is 58.8 Å². The van der Waals surface area contributed by atoms with Gasteiger partial charge in [0.25, 0.3) is 5.91 Å². The van der Waals surface area contributed by atoms with Gasteiger partial charge in [0.15, 0.2) is 11.5 Å². The first-order valence-corrected chi connectivity index (χ1v) is 14.1. The van der Waals surface area contributed by atoms with E-state index in [9.17, 15) is 9.90 Å². The smallest absolute Gasteiger partial charge is 0.252 e. The normalized spacial score (nSPS) is 12.0. The van der Waals surface area contributed by atoms with Gasteiger partial charge in [-0.2, -0.15) is 0 Å². The summed E-state index contributed by atoms with van der Waals surface area (Å²) in [5, 5.41) is 15.2. The zero-order valence-electron chi connectivity index (χ0n) is 25.3. The minimum Gasteiger partial charge on any atom is -0.497 e. The minimum absolute atomic E-state index is 0.223. The van der Waals surface area contributed by atoms with E-state index in [2.05, 4.69) is 42.1 Å². The van der Waals surface area contributed by atoms with Gasteiger partial charge >= 0.3 is 0 Å². The number of carbonyl (C=O) groups is 1. The number of hydrogen-bond acceptors (Lipinski definition) is 7. The van der Waals surface area contributed by atoms with Crippen LogP contribution < -0.4 is 24.3 Å². The molecule has 9 nitrogen and oxygen atoms in total. The fourth-order valence-corrected chi connectivity index (χ4v) is 5.45. The van der Waals surface area contributed by atoms with Gasteiger partial charge in [0.1, 0.15) is 5.75 Å². The van der Waals surface area contributed by atoms with E-state index >= 15 is 0 Å². The number of pyridine rings is 1. The van der Waals surface area contributed by atoms with E-state index in [-0.39, 0.29) is 18.6 Å². The second kappa shape index (κ2) is 12.6. The second-order valence-corrected chi connectivity index (χ2v) is 10.6. The summed E-state index contributed by atoms with van der Waals surface area (Å²) in [6, 6.07) is 18.7. The van der Waals surface area contributed by atoms with Gasteiger partial charge in [-0.1, -0.05) is 18.2 Å². The van der Waals surface area contributed by atoms with Crippen LogP contribution in [0.15, 0.2) is 66.9 Å². The first-order chi connectivity index (χ1) is 20.8. The average Bonchev–Trinajstić information content (AvgIpc) is 3.41. The van der Waals surface area contributed by atoms with Crippen molar-refractivity contribution < 1.29 is 28.8 Å². The van der Waals surface area contributed by atoms with Crippen LogP contribution in [0.4, 0.5) is 0 Å². The summed E-state index contributed by atoms with van der Waals surface area (Å²) in [6.45, 7) is 4.05. The number of benzene rings is 3. The van der Waals surface area contributed by atoms with Crippen molar-refractivity contribution in [1.29, 1.82) is 0 Å². The molecule has 0 fully saturated rings. The molecule has 0 radical (unpaired) electrons. The Morgan fingerprint density at radius 3 is 2.26 bits per heavy atom. The SMILES string of the molecule is COc1ccc2nc(-c3cc(OC)c(OC)c(OC)c3)cc(C(=O)N[C@@H](CO)Cc3cn(C(C)C)c4ccccc34)c2c1. The molecule has 0 spiro atoms. The Kier molecular flexibility index (Phi) is 8.73. The third-order valence-electron chi connectivity index (χ3n) is 7.62. The van der Waals surface area contributed by atoms with Gasteiger partial charge in [-0.15, -0.1) is 0 Å². The highest BCUT2D eigenvalue weighted by Crippen LogP contribution is 2.41. The Hall–Kier alpha value is -4.76. The van der Waals surface area contributed by atoms with Crippen LogP contribution in [0.5, 0.6) is 23.0 Å². The lowest BCUT2D eigenvalue weighted by atomic mass is 10.0. The number of fused-ring (bicyclic) bond motifs is 2. The van der Waals surface area contributed by atoms with Gasteiger partial charge in [-0.3, -0.25) is 4.79 Å². The zero-order valence-corrected chi connectivity index (χ0v) is 25.3. The number of hydrogen-bond donors (Lipinski definition) is 2. The Morgan fingerprint density at radius 1 is 0.907 bits per heavy atom. The average molecular weight is 584 g/mol. The fraction of sp³-hybridized carbons (Fsp3) is 0.294. The third-order valence-corrected chi connectivity index (χ3v) is 7.62. The van der Waals surface area contributed by atoms with Crippen molar-refractivity contribution >= 4 is 27.7 Å². The van der Waals surface area contributed by atoms with E-state index in [1.807, 2.05) is 18.2 Å². The monoisotopic (exact) mass is 583 g/mol. The Balaban J connectivity index is 1.55. The molecule has 9 heteroatoms.